The molecule has 1 aliphatic rings. The van der Waals surface area contributed by atoms with Crippen molar-refractivity contribution in [2.24, 2.45) is 5.73 Å². The van der Waals surface area contributed by atoms with Crippen molar-refractivity contribution in [3.8, 4) is 0 Å². The lowest BCUT2D eigenvalue weighted by molar-refractivity contribution is 0.0787. The molecule has 28 heavy (non-hydrogen) atoms. The van der Waals surface area contributed by atoms with Crippen LogP contribution in [0.1, 0.15) is 40.4 Å². The van der Waals surface area contributed by atoms with Gasteiger partial charge in [-0.05, 0) is 31.9 Å². The van der Waals surface area contributed by atoms with Gasteiger partial charge in [0.15, 0.2) is 11.3 Å². The number of nitrogens with one attached hydrogen (secondary N) is 1. The van der Waals surface area contributed by atoms with E-state index in [-0.39, 0.29) is 23.9 Å². The van der Waals surface area contributed by atoms with Crippen LogP contribution >= 0.6 is 11.3 Å². The van der Waals surface area contributed by atoms with Gasteiger partial charge in [0, 0.05) is 25.3 Å². The van der Waals surface area contributed by atoms with Crippen LogP contribution in [0.4, 0.5) is 10.3 Å². The molecule has 10 heteroatoms. The largest absolute Gasteiger partial charge is 0.348 e. The molecule has 146 valence electrons. The number of fused-ring (bicyclic) bond motifs is 1. The molecule has 3 N–H and O–H groups in total. The van der Waals surface area contributed by atoms with E-state index in [1.807, 2.05) is 13.8 Å². The number of nitrogens with zero attached hydrogens (tertiary/aromatic N) is 5. The molecule has 4 rings (SSSR count). The zero-order valence-electron chi connectivity index (χ0n) is 15.5. The van der Waals surface area contributed by atoms with Crippen molar-refractivity contribution in [3.05, 3.63) is 40.5 Å². The average Bonchev–Trinajstić information content (AvgIpc) is 3.25. The second-order valence-corrected chi connectivity index (χ2v) is 8.09. The fourth-order valence-electron chi connectivity index (χ4n) is 3.20. The lowest BCUT2D eigenvalue weighted by Crippen LogP contribution is -2.32. The van der Waals surface area contributed by atoms with Crippen molar-refractivity contribution in [3.63, 3.8) is 0 Å². The first kappa shape index (κ1) is 18.6. The molecular formula is C18H20FN7OS. The molecule has 0 aromatic carbocycles. The number of pyridine rings is 1. The number of nitrogens with two attached hydrogens (primary N) is 1. The van der Waals surface area contributed by atoms with Crippen LogP contribution in [0.3, 0.4) is 0 Å². The molecule has 1 aliphatic heterocycles. The highest BCUT2D eigenvalue weighted by molar-refractivity contribution is 7.18. The number of aromatic nitrogens is 4. The van der Waals surface area contributed by atoms with Crippen LogP contribution in [0.15, 0.2) is 18.5 Å². The Morgan fingerprint density at radius 2 is 2.21 bits per heavy atom. The number of carbonyl (C=O) groups is 1. The van der Waals surface area contributed by atoms with Crippen molar-refractivity contribution < 1.29 is 9.18 Å². The van der Waals surface area contributed by atoms with Gasteiger partial charge >= 0.3 is 0 Å². The Kier molecular flexibility index (Phi) is 4.90. The molecule has 8 nitrogen and oxygen atoms in total. The molecule has 1 fully saturated rings. The molecule has 0 unspecified atom stereocenters. The number of hydrogen-bond donors (Lipinski definition) is 2. The zero-order valence-corrected chi connectivity index (χ0v) is 16.3. The minimum absolute atomic E-state index is 0.0115. The Morgan fingerprint density at radius 1 is 1.39 bits per heavy atom. The van der Waals surface area contributed by atoms with Crippen LogP contribution in [-0.4, -0.2) is 49.9 Å². The summed E-state index contributed by atoms with van der Waals surface area (Å²) in [5.41, 5.74) is 7.38. The molecule has 3 aromatic rings. The van der Waals surface area contributed by atoms with E-state index in [1.165, 1.54) is 17.4 Å². The summed E-state index contributed by atoms with van der Waals surface area (Å²) >= 11 is 1.39. The first-order chi connectivity index (χ1) is 13.4. The van der Waals surface area contributed by atoms with E-state index in [1.54, 1.807) is 11.1 Å². The highest BCUT2D eigenvalue weighted by Crippen LogP contribution is 2.27. The van der Waals surface area contributed by atoms with Crippen LogP contribution in [-0.2, 0) is 0 Å². The van der Waals surface area contributed by atoms with E-state index >= 15 is 0 Å². The molecule has 0 aliphatic carbocycles. The number of amides is 1. The smallest absolute Gasteiger partial charge is 0.274 e. The van der Waals surface area contributed by atoms with Crippen molar-refractivity contribution in [2.45, 2.75) is 32.4 Å². The Balaban J connectivity index is 1.68. The standard InChI is InChI=1S/C18H20FN7OS/c1-9(11-5-12(19)7-21-6-11)22-18-24-14(15-16(25-18)23-10(2)28-15)17(27)26-4-3-13(20)8-26/h5-7,9,13H,3-4,8,20H2,1-2H3,(H,22,24,25)/t9-,13-/m0/s1. The lowest BCUT2D eigenvalue weighted by atomic mass is 10.1. The van der Waals surface area contributed by atoms with Crippen LogP contribution in [0.2, 0.25) is 0 Å². The predicted octanol–water partition coefficient (Wildman–Crippen LogP) is 2.28. The third kappa shape index (κ3) is 3.65. The maximum atomic E-state index is 13.5. The number of halogens is 1. The molecule has 0 spiro atoms. The normalized spacial score (nSPS) is 17.9. The number of anilines is 1. The van der Waals surface area contributed by atoms with E-state index in [0.717, 1.165) is 17.6 Å². The Hall–Kier alpha value is -2.72. The van der Waals surface area contributed by atoms with Gasteiger partial charge in [-0.15, -0.1) is 11.3 Å². The van der Waals surface area contributed by atoms with Gasteiger partial charge < -0.3 is 16.0 Å². The second-order valence-electron chi connectivity index (χ2n) is 6.88. The second kappa shape index (κ2) is 7.36. The summed E-state index contributed by atoms with van der Waals surface area (Å²) in [4.78, 5) is 31.9. The molecule has 1 amide bonds. The number of aryl methyl sites for hydroxylation is 1. The summed E-state index contributed by atoms with van der Waals surface area (Å²) < 4.78 is 14.1. The molecule has 4 heterocycles. The Morgan fingerprint density at radius 3 is 2.93 bits per heavy atom. The quantitative estimate of drug-likeness (QED) is 0.690. The predicted molar refractivity (Wildman–Crippen MR) is 105 cm³/mol. The summed E-state index contributed by atoms with van der Waals surface area (Å²) in [7, 11) is 0. The molecule has 0 saturated carbocycles. The lowest BCUT2D eigenvalue weighted by Gasteiger charge is -2.17. The van der Waals surface area contributed by atoms with Crippen molar-refractivity contribution in [1.29, 1.82) is 0 Å². The van der Waals surface area contributed by atoms with E-state index in [2.05, 4.69) is 25.3 Å². The van der Waals surface area contributed by atoms with Gasteiger partial charge in [-0.2, -0.15) is 4.98 Å². The molecule has 2 atom stereocenters. The monoisotopic (exact) mass is 401 g/mol. The van der Waals surface area contributed by atoms with E-state index in [9.17, 15) is 9.18 Å². The highest BCUT2D eigenvalue weighted by atomic mass is 32.1. The van der Waals surface area contributed by atoms with Crippen LogP contribution < -0.4 is 11.1 Å². The number of hydrogen-bond acceptors (Lipinski definition) is 8. The summed E-state index contributed by atoms with van der Waals surface area (Å²) in [6.45, 7) is 4.82. The highest BCUT2D eigenvalue weighted by Gasteiger charge is 2.28. The van der Waals surface area contributed by atoms with Crippen molar-refractivity contribution in [2.75, 3.05) is 18.4 Å². The van der Waals surface area contributed by atoms with Crippen molar-refractivity contribution >= 4 is 33.5 Å². The van der Waals surface area contributed by atoms with Crippen molar-refractivity contribution in [1.82, 2.24) is 24.8 Å². The number of rotatable bonds is 4. The minimum Gasteiger partial charge on any atom is -0.348 e. The molecular weight excluding hydrogens is 381 g/mol. The summed E-state index contributed by atoms with van der Waals surface area (Å²) in [6.07, 6.45) is 3.49. The van der Waals surface area contributed by atoms with Gasteiger partial charge in [0.05, 0.1) is 17.2 Å². The number of likely N-dealkylation sites (tertiary alicyclic amines) is 1. The third-order valence-electron chi connectivity index (χ3n) is 4.65. The average molecular weight is 401 g/mol. The maximum absolute atomic E-state index is 13.5. The van der Waals surface area contributed by atoms with Crippen LogP contribution in [0, 0.1) is 12.7 Å². The molecule has 3 aromatic heterocycles. The fraction of sp³-hybridized carbons (Fsp3) is 0.389. The topological polar surface area (TPSA) is 110 Å². The first-order valence-electron chi connectivity index (χ1n) is 8.97. The van der Waals surface area contributed by atoms with E-state index < -0.39 is 5.82 Å². The minimum atomic E-state index is -0.418. The van der Waals surface area contributed by atoms with Gasteiger partial charge in [0.2, 0.25) is 5.95 Å². The molecule has 0 radical (unpaired) electrons. The van der Waals surface area contributed by atoms with E-state index in [0.29, 0.717) is 34.7 Å². The zero-order chi connectivity index (χ0) is 19.8. The Bertz CT molecular complexity index is 1040. The van der Waals surface area contributed by atoms with Gasteiger partial charge in [-0.25, -0.2) is 14.4 Å². The summed E-state index contributed by atoms with van der Waals surface area (Å²) in [5, 5.41) is 3.92. The first-order valence-corrected chi connectivity index (χ1v) is 9.79. The van der Waals surface area contributed by atoms with E-state index in [4.69, 9.17) is 5.73 Å². The Labute approximate surface area is 165 Å². The van der Waals surface area contributed by atoms with Crippen LogP contribution in [0.25, 0.3) is 10.3 Å². The van der Waals surface area contributed by atoms with Gasteiger partial charge in [0.25, 0.3) is 5.91 Å². The summed E-state index contributed by atoms with van der Waals surface area (Å²) in [5.74, 6) is -0.326. The van der Waals surface area contributed by atoms with Gasteiger partial charge in [0.1, 0.15) is 10.5 Å². The number of carbonyl (C=O) groups excluding carboxylic acids is 1. The fourth-order valence-corrected chi connectivity index (χ4v) is 4.04. The molecule has 1 saturated heterocycles. The van der Waals surface area contributed by atoms with Crippen LogP contribution in [0.5, 0.6) is 0 Å². The summed E-state index contributed by atoms with van der Waals surface area (Å²) in [6, 6.07) is 1.08. The molecule has 0 bridgehead atoms. The SMILES string of the molecule is Cc1nc2nc(N[C@@H](C)c3cncc(F)c3)nc(C(=O)N3CC[C@H](N)C3)c2s1. The third-order valence-corrected chi connectivity index (χ3v) is 5.61. The van der Waals surface area contributed by atoms with Gasteiger partial charge in [-0.1, -0.05) is 0 Å². The number of thiazole rings is 1. The van der Waals surface area contributed by atoms with Gasteiger partial charge in [-0.3, -0.25) is 9.78 Å². The maximum Gasteiger partial charge on any atom is 0.274 e.